The Balaban J connectivity index is 2.00. The summed E-state index contributed by atoms with van der Waals surface area (Å²) in [5, 5.41) is 12.0. The molecular weight excluding hydrogens is 450 g/mol. The molecule has 2 aromatic carbocycles. The molecule has 0 spiro atoms. The number of aryl methyl sites for hydroxylation is 1. The first-order chi connectivity index (χ1) is 14.0. The maximum absolute atomic E-state index is 13.3. The Labute approximate surface area is 182 Å². The second kappa shape index (κ2) is 9.29. The molecule has 1 aliphatic heterocycles. The van der Waals surface area contributed by atoms with Crippen molar-refractivity contribution in [3.8, 4) is 6.07 Å². The third kappa shape index (κ3) is 4.55. The Morgan fingerprint density at radius 1 is 1.17 bits per heavy atom. The molecule has 7 heteroatoms. The molecule has 3 rings (SSSR count). The normalized spacial score (nSPS) is 17.8. The van der Waals surface area contributed by atoms with Crippen LogP contribution in [0, 0.1) is 11.3 Å². The van der Waals surface area contributed by atoms with E-state index in [4.69, 9.17) is 0 Å². The number of halogens is 1. The summed E-state index contributed by atoms with van der Waals surface area (Å²) in [6.07, 6.45) is 1.48. The van der Waals surface area contributed by atoms with Crippen LogP contribution < -0.4 is 10.2 Å². The van der Waals surface area contributed by atoms with Crippen LogP contribution in [-0.4, -0.2) is 24.1 Å². The maximum atomic E-state index is 13.3. The molecule has 0 bridgehead atoms. The highest BCUT2D eigenvalue weighted by molar-refractivity contribution is 9.10. The summed E-state index contributed by atoms with van der Waals surface area (Å²) in [5.41, 5.74) is 2.85. The van der Waals surface area contributed by atoms with Crippen LogP contribution in [-0.2, 0) is 22.4 Å². The van der Waals surface area contributed by atoms with Gasteiger partial charge in [0.2, 0.25) is 5.91 Å². The molecule has 0 aliphatic carbocycles. The van der Waals surface area contributed by atoms with Crippen LogP contribution >= 0.6 is 27.7 Å². The van der Waals surface area contributed by atoms with E-state index in [2.05, 4.69) is 40.3 Å². The lowest BCUT2D eigenvalue weighted by atomic mass is 10.1. The van der Waals surface area contributed by atoms with E-state index in [1.807, 2.05) is 30.3 Å². The lowest BCUT2D eigenvalue weighted by molar-refractivity contribution is -0.117. The van der Waals surface area contributed by atoms with Gasteiger partial charge in [-0.25, -0.2) is 0 Å². The van der Waals surface area contributed by atoms with E-state index in [1.165, 1.54) is 29.3 Å². The van der Waals surface area contributed by atoms with Crippen molar-refractivity contribution >= 4 is 45.2 Å². The van der Waals surface area contributed by atoms with Gasteiger partial charge in [-0.15, -0.1) is 0 Å². The van der Waals surface area contributed by atoms with Crippen molar-refractivity contribution in [1.29, 1.82) is 5.26 Å². The molecule has 29 heavy (non-hydrogen) atoms. The molecule has 1 atom stereocenters. The number of nitrogens with zero attached hydrogens (tertiary/aromatic N) is 2. The van der Waals surface area contributed by atoms with Crippen LogP contribution in [0.15, 0.2) is 63.6 Å². The summed E-state index contributed by atoms with van der Waals surface area (Å²) in [6.45, 7) is 2.10. The number of nitrogens with one attached hydrogen (secondary N) is 1. The number of rotatable bonds is 5. The summed E-state index contributed by atoms with van der Waals surface area (Å²) in [4.78, 5) is 27.0. The minimum Gasteiger partial charge on any atom is -0.354 e. The number of thioether (sulfide) groups is 1. The first-order valence-corrected chi connectivity index (χ1v) is 10.9. The number of carbonyl (C=O) groups excluding carboxylic acids is 2. The number of amides is 2. The topological polar surface area (TPSA) is 73.2 Å². The molecule has 2 amide bonds. The van der Waals surface area contributed by atoms with Gasteiger partial charge >= 0.3 is 0 Å². The fourth-order valence-electron chi connectivity index (χ4n) is 3.06. The minimum absolute atomic E-state index is 0.0578. The third-order valence-electron chi connectivity index (χ3n) is 4.67. The second-order valence-corrected chi connectivity index (χ2v) is 8.61. The highest BCUT2D eigenvalue weighted by Gasteiger charge is 2.40. The van der Waals surface area contributed by atoms with Gasteiger partial charge in [0.05, 0.1) is 5.25 Å². The molecule has 1 aliphatic rings. The maximum Gasteiger partial charge on any atom is 0.264 e. The zero-order valence-corrected chi connectivity index (χ0v) is 18.5. The average molecular weight is 470 g/mol. The molecule has 1 heterocycles. The molecule has 1 saturated heterocycles. The Morgan fingerprint density at radius 3 is 2.34 bits per heavy atom. The number of hydrogen-bond acceptors (Lipinski definition) is 4. The smallest absolute Gasteiger partial charge is 0.264 e. The number of nitriles is 1. The van der Waals surface area contributed by atoms with Crippen LogP contribution in [0.1, 0.15) is 18.1 Å². The lowest BCUT2D eigenvalue weighted by Crippen LogP contribution is -2.31. The number of likely N-dealkylation sites (N-methyl/N-ethyl adjacent to an activating group) is 1. The Hall–Kier alpha value is -2.56. The number of hydrogen-bond donors (Lipinski definition) is 1. The molecule has 148 valence electrons. The average Bonchev–Trinajstić information content (AvgIpc) is 3.05. The summed E-state index contributed by atoms with van der Waals surface area (Å²) in [5.74, 6) is -0.638. The fourth-order valence-corrected chi connectivity index (χ4v) is 4.63. The van der Waals surface area contributed by atoms with E-state index in [0.29, 0.717) is 17.1 Å². The van der Waals surface area contributed by atoms with E-state index in [9.17, 15) is 14.9 Å². The molecule has 1 N–H and O–H groups in total. The summed E-state index contributed by atoms with van der Waals surface area (Å²) >= 11 is 4.66. The summed E-state index contributed by atoms with van der Waals surface area (Å²) < 4.78 is 0.880. The largest absolute Gasteiger partial charge is 0.354 e. The van der Waals surface area contributed by atoms with Gasteiger partial charge in [0.15, 0.2) is 0 Å². The zero-order chi connectivity index (χ0) is 21.0. The van der Waals surface area contributed by atoms with Gasteiger partial charge in [0.1, 0.15) is 16.7 Å². The van der Waals surface area contributed by atoms with Crippen LogP contribution in [0.3, 0.4) is 0 Å². The predicted octanol–water partition coefficient (Wildman–Crippen LogP) is 4.18. The van der Waals surface area contributed by atoms with Gasteiger partial charge in [-0.2, -0.15) is 5.26 Å². The molecular formula is C22H20BrN3O2S. The Bertz CT molecular complexity index is 994. The van der Waals surface area contributed by atoms with Gasteiger partial charge in [-0.05, 0) is 48.2 Å². The van der Waals surface area contributed by atoms with Crippen molar-refractivity contribution in [2.45, 2.75) is 25.0 Å². The van der Waals surface area contributed by atoms with Crippen molar-refractivity contribution in [3.63, 3.8) is 0 Å². The zero-order valence-electron chi connectivity index (χ0n) is 16.1. The van der Waals surface area contributed by atoms with Gasteiger partial charge in [-0.3, -0.25) is 14.5 Å². The molecule has 1 fully saturated rings. The predicted molar refractivity (Wildman–Crippen MR) is 119 cm³/mol. The van der Waals surface area contributed by atoms with Crippen LogP contribution in [0.2, 0.25) is 0 Å². The van der Waals surface area contributed by atoms with Crippen molar-refractivity contribution < 1.29 is 9.59 Å². The summed E-state index contributed by atoms with van der Waals surface area (Å²) in [7, 11) is 1.47. The molecule has 0 aromatic heterocycles. The van der Waals surface area contributed by atoms with Crippen molar-refractivity contribution in [2.24, 2.45) is 0 Å². The number of carbonyl (C=O) groups is 2. The monoisotopic (exact) mass is 469 g/mol. The van der Waals surface area contributed by atoms with E-state index in [-0.39, 0.29) is 11.5 Å². The number of benzene rings is 2. The second-order valence-electron chi connectivity index (χ2n) is 6.50. The molecule has 2 aromatic rings. The van der Waals surface area contributed by atoms with E-state index < -0.39 is 11.2 Å². The third-order valence-corrected chi connectivity index (χ3v) is 6.46. The number of anilines is 1. The van der Waals surface area contributed by atoms with Gasteiger partial charge in [0, 0.05) is 17.2 Å². The van der Waals surface area contributed by atoms with Crippen molar-refractivity contribution in [2.75, 3.05) is 11.9 Å². The first kappa shape index (κ1) is 21.2. The Morgan fingerprint density at radius 2 is 1.79 bits per heavy atom. The standard InChI is InChI=1S/C22H20BrN3O2S/c1-3-14-4-6-15(7-5-14)12-19-21(28)26(17-10-8-16(23)9-11-17)22(29-19)18(13-24)20(27)25-2/h4-11,19H,3,12H2,1-2H3,(H,25,27). The van der Waals surface area contributed by atoms with Crippen LogP contribution in [0.4, 0.5) is 5.69 Å². The Kier molecular flexibility index (Phi) is 6.78. The van der Waals surface area contributed by atoms with Gasteiger partial charge < -0.3 is 5.32 Å². The van der Waals surface area contributed by atoms with Crippen LogP contribution in [0.5, 0.6) is 0 Å². The quantitative estimate of drug-likeness (QED) is 0.526. The van der Waals surface area contributed by atoms with E-state index in [0.717, 1.165) is 16.5 Å². The lowest BCUT2D eigenvalue weighted by Gasteiger charge is -2.18. The summed E-state index contributed by atoms with van der Waals surface area (Å²) in [6, 6.07) is 17.4. The van der Waals surface area contributed by atoms with Crippen molar-refractivity contribution in [3.05, 3.63) is 74.7 Å². The first-order valence-electron chi connectivity index (χ1n) is 9.19. The van der Waals surface area contributed by atoms with E-state index in [1.54, 1.807) is 12.1 Å². The van der Waals surface area contributed by atoms with E-state index >= 15 is 0 Å². The van der Waals surface area contributed by atoms with Gasteiger partial charge in [-0.1, -0.05) is 58.9 Å². The van der Waals surface area contributed by atoms with Crippen molar-refractivity contribution in [1.82, 2.24) is 5.32 Å². The molecule has 0 radical (unpaired) electrons. The highest BCUT2D eigenvalue weighted by atomic mass is 79.9. The minimum atomic E-state index is -0.502. The molecule has 1 unspecified atom stereocenters. The fraction of sp³-hybridized carbons (Fsp3) is 0.227. The van der Waals surface area contributed by atoms with Gasteiger partial charge in [0.25, 0.3) is 5.91 Å². The SMILES string of the molecule is CCc1ccc(CC2SC(=C(C#N)C(=O)NC)N(c3ccc(Br)cc3)C2=O)cc1. The molecule has 0 saturated carbocycles. The van der Waals surface area contributed by atoms with Crippen LogP contribution in [0.25, 0.3) is 0 Å². The molecule has 5 nitrogen and oxygen atoms in total. The highest BCUT2D eigenvalue weighted by Crippen LogP contribution is 2.42.